The van der Waals surface area contributed by atoms with Crippen molar-refractivity contribution in [3.63, 3.8) is 0 Å². The number of hydrogen-bond acceptors (Lipinski definition) is 4. The van der Waals surface area contributed by atoms with Gasteiger partial charge in [0.1, 0.15) is 22.7 Å². The van der Waals surface area contributed by atoms with Gasteiger partial charge in [0.05, 0.1) is 36.1 Å². The van der Waals surface area contributed by atoms with Gasteiger partial charge in [-0.25, -0.2) is 4.98 Å². The van der Waals surface area contributed by atoms with E-state index in [0.29, 0.717) is 17.3 Å². The average Bonchev–Trinajstić information content (AvgIpc) is 3.69. The quantitative estimate of drug-likeness (QED) is 0.165. The fourth-order valence-electron chi connectivity index (χ4n) is 8.33. The fraction of sp³-hybridized carbons (Fsp3) is 0.265. The Kier molecular flexibility index (Phi) is 8.88. The summed E-state index contributed by atoms with van der Waals surface area (Å²) in [5.74, 6) is 1.48. The highest BCUT2D eigenvalue weighted by molar-refractivity contribution is 6.89. The minimum absolute atomic E-state index is 0.256. The third-order valence-electron chi connectivity index (χ3n) is 10.9. The largest absolute Gasteiger partial charge is 0.507 e. The molecule has 0 aliphatic rings. The maximum absolute atomic E-state index is 12.0. The highest BCUT2D eigenvalue weighted by Crippen LogP contribution is 2.45. The molecule has 55 heavy (non-hydrogen) atoms. The summed E-state index contributed by atoms with van der Waals surface area (Å²) in [5, 5.41) is 15.5. The highest BCUT2D eigenvalue weighted by Gasteiger charge is 2.27. The number of phenols is 1. The molecule has 8 aromatic rings. The van der Waals surface area contributed by atoms with E-state index in [1.807, 2.05) is 30.3 Å². The molecule has 0 unspecified atom stereocenters. The Morgan fingerprint density at radius 3 is 2.18 bits per heavy atom. The number of aromatic nitrogens is 3. The van der Waals surface area contributed by atoms with Crippen LogP contribution in [0.4, 0.5) is 0 Å². The molecular weight excluding hydrogens is 691 g/mol. The van der Waals surface area contributed by atoms with Gasteiger partial charge in [-0.15, -0.1) is 0 Å². The first-order valence-electron chi connectivity index (χ1n) is 19.5. The van der Waals surface area contributed by atoms with Gasteiger partial charge in [-0.05, 0) is 95.4 Å². The lowest BCUT2D eigenvalue weighted by Crippen LogP contribution is -2.40. The number of aromatic hydroxyl groups is 1. The molecule has 0 fully saturated rings. The fourth-order valence-corrected chi connectivity index (χ4v) is 9.91. The molecule has 0 saturated heterocycles. The van der Waals surface area contributed by atoms with E-state index in [1.165, 1.54) is 10.8 Å². The van der Waals surface area contributed by atoms with Crippen LogP contribution in [0.5, 0.6) is 5.75 Å². The SMILES string of the molecule is Cc1cccc(C)c1-n1c(-c2cccc(C(C)(C)C)c2O)nc2c(-c3cc(-c4cc(CC(C)C)c([Si](C)(C)C)cn4)cc4c3oc3ccccc34)cccc21. The van der Waals surface area contributed by atoms with Gasteiger partial charge >= 0.3 is 0 Å². The molecule has 278 valence electrons. The van der Waals surface area contributed by atoms with Gasteiger partial charge in [0.25, 0.3) is 0 Å². The van der Waals surface area contributed by atoms with Gasteiger partial charge in [-0.3, -0.25) is 9.55 Å². The van der Waals surface area contributed by atoms with Crippen LogP contribution in [0.3, 0.4) is 0 Å². The zero-order valence-corrected chi connectivity index (χ0v) is 34.8. The first-order valence-corrected chi connectivity index (χ1v) is 23.0. The van der Waals surface area contributed by atoms with Gasteiger partial charge in [0.15, 0.2) is 0 Å². The number of phenolic OH excluding ortho intramolecular Hbond substituents is 1. The number of benzene rings is 5. The summed E-state index contributed by atoms with van der Waals surface area (Å²) in [6, 6.07) is 33.9. The van der Waals surface area contributed by atoms with Gasteiger partial charge in [-0.2, -0.15) is 0 Å². The Balaban J connectivity index is 1.46. The zero-order chi connectivity index (χ0) is 39.0. The number of pyridine rings is 1. The second kappa shape index (κ2) is 13.4. The molecule has 0 radical (unpaired) electrons. The van der Waals surface area contributed by atoms with Crippen molar-refractivity contribution in [3.05, 3.63) is 126 Å². The summed E-state index contributed by atoms with van der Waals surface area (Å²) in [5.41, 5.74) is 13.4. The van der Waals surface area contributed by atoms with E-state index in [1.54, 1.807) is 0 Å². The Morgan fingerprint density at radius 2 is 1.47 bits per heavy atom. The van der Waals surface area contributed by atoms with E-state index in [-0.39, 0.29) is 11.2 Å². The van der Waals surface area contributed by atoms with Crippen molar-refractivity contribution in [3.8, 4) is 45.2 Å². The van der Waals surface area contributed by atoms with Crippen LogP contribution < -0.4 is 5.19 Å². The van der Waals surface area contributed by atoms with Crippen molar-refractivity contribution in [1.29, 1.82) is 0 Å². The van der Waals surface area contributed by atoms with E-state index in [2.05, 4.69) is 146 Å². The molecule has 3 aromatic heterocycles. The molecule has 0 saturated carbocycles. The molecule has 6 heteroatoms. The predicted octanol–water partition coefficient (Wildman–Crippen LogP) is 12.7. The molecule has 0 spiro atoms. The number of fused-ring (bicyclic) bond motifs is 4. The standard InChI is InChI=1S/C49H51N3O2Si/c1-29(2)24-33-27-40(50-28-43(33)55(8,9)10)32-25-37-34-18-11-12-23-42(34)54-47(37)38(26-32)35-19-15-22-41-44(35)51-48(52(41)45-30(3)16-13-17-31(45)4)36-20-14-21-39(46(36)53)49(5,6)7/h11-23,25-29,53H,24H2,1-10H3. The number of rotatable bonds is 7. The second-order valence-electron chi connectivity index (χ2n) is 17.7. The van der Waals surface area contributed by atoms with Crippen LogP contribution in [0.15, 0.2) is 108 Å². The van der Waals surface area contributed by atoms with Crippen LogP contribution in [0.2, 0.25) is 19.6 Å². The number of aryl methyl sites for hydroxylation is 2. The number of nitrogens with zero attached hydrogens (tertiary/aromatic N) is 3. The number of imidazole rings is 1. The summed E-state index contributed by atoms with van der Waals surface area (Å²) in [4.78, 5) is 10.7. The maximum atomic E-state index is 12.0. The average molecular weight is 742 g/mol. The van der Waals surface area contributed by atoms with Crippen molar-refractivity contribution in [2.24, 2.45) is 5.92 Å². The lowest BCUT2D eigenvalue weighted by Gasteiger charge is -2.22. The minimum atomic E-state index is -1.62. The first kappa shape index (κ1) is 36.5. The van der Waals surface area contributed by atoms with Crippen LogP contribution in [0.25, 0.3) is 72.4 Å². The molecule has 5 aromatic carbocycles. The summed E-state index contributed by atoms with van der Waals surface area (Å²) in [7, 11) is -1.62. The summed E-state index contributed by atoms with van der Waals surface area (Å²) in [6.45, 7) is 22.5. The van der Waals surface area contributed by atoms with Crippen LogP contribution in [0.1, 0.15) is 56.9 Å². The van der Waals surface area contributed by atoms with Gasteiger partial charge in [0.2, 0.25) is 0 Å². The molecule has 8 rings (SSSR count). The van der Waals surface area contributed by atoms with Gasteiger partial charge < -0.3 is 9.52 Å². The zero-order valence-electron chi connectivity index (χ0n) is 33.8. The molecule has 0 atom stereocenters. The number of para-hydroxylation sites is 4. The molecule has 5 nitrogen and oxygen atoms in total. The predicted molar refractivity (Wildman–Crippen MR) is 234 cm³/mol. The van der Waals surface area contributed by atoms with E-state index < -0.39 is 8.07 Å². The third kappa shape index (κ3) is 6.36. The molecule has 0 amide bonds. The van der Waals surface area contributed by atoms with Crippen molar-refractivity contribution < 1.29 is 9.52 Å². The molecule has 0 aliphatic carbocycles. The van der Waals surface area contributed by atoms with E-state index in [9.17, 15) is 5.11 Å². The lowest BCUT2D eigenvalue weighted by atomic mass is 9.85. The summed E-state index contributed by atoms with van der Waals surface area (Å²) < 4.78 is 8.98. The van der Waals surface area contributed by atoms with Gasteiger partial charge in [-0.1, -0.05) is 115 Å². The van der Waals surface area contributed by atoms with E-state index >= 15 is 0 Å². The lowest BCUT2D eigenvalue weighted by molar-refractivity contribution is 0.448. The van der Waals surface area contributed by atoms with Crippen LogP contribution in [-0.4, -0.2) is 27.7 Å². The smallest absolute Gasteiger partial charge is 0.149 e. The molecule has 3 heterocycles. The van der Waals surface area contributed by atoms with Gasteiger partial charge in [0, 0.05) is 33.7 Å². The summed E-state index contributed by atoms with van der Waals surface area (Å²) in [6.07, 6.45) is 3.16. The van der Waals surface area contributed by atoms with Crippen LogP contribution >= 0.6 is 0 Å². The first-order chi connectivity index (χ1) is 26.1. The van der Waals surface area contributed by atoms with Crippen LogP contribution in [0, 0.1) is 19.8 Å². The molecular formula is C49H51N3O2Si. The molecule has 1 N–H and O–H groups in total. The topological polar surface area (TPSA) is 64.1 Å². The number of furan rings is 1. The molecule has 0 bridgehead atoms. The van der Waals surface area contributed by atoms with E-state index in [0.717, 1.165) is 84.2 Å². The van der Waals surface area contributed by atoms with Crippen molar-refractivity contribution in [2.75, 3.05) is 0 Å². The normalized spacial score (nSPS) is 12.5. The van der Waals surface area contributed by atoms with E-state index in [4.69, 9.17) is 14.4 Å². The number of hydrogen-bond donors (Lipinski definition) is 1. The monoisotopic (exact) mass is 741 g/mol. The molecule has 0 aliphatic heterocycles. The van der Waals surface area contributed by atoms with Crippen LogP contribution in [-0.2, 0) is 11.8 Å². The Labute approximate surface area is 325 Å². The summed E-state index contributed by atoms with van der Waals surface area (Å²) >= 11 is 0. The third-order valence-corrected chi connectivity index (χ3v) is 13.0. The van der Waals surface area contributed by atoms with Crippen molar-refractivity contribution >= 4 is 46.2 Å². The highest BCUT2D eigenvalue weighted by atomic mass is 28.3. The maximum Gasteiger partial charge on any atom is 0.149 e. The Hall–Kier alpha value is -5.46. The Morgan fingerprint density at radius 1 is 0.782 bits per heavy atom. The Bertz CT molecular complexity index is 2750. The van der Waals surface area contributed by atoms with Crippen molar-refractivity contribution in [1.82, 2.24) is 14.5 Å². The minimum Gasteiger partial charge on any atom is -0.507 e. The second-order valence-corrected chi connectivity index (χ2v) is 22.7. The van der Waals surface area contributed by atoms with Crippen molar-refractivity contribution in [2.45, 2.75) is 79.9 Å².